The lowest BCUT2D eigenvalue weighted by atomic mass is 9.94. The van der Waals surface area contributed by atoms with Crippen LogP contribution in [0, 0.1) is 0 Å². The molecule has 4 aromatic rings. The normalized spacial score (nSPS) is 15.9. The zero-order valence-corrected chi connectivity index (χ0v) is 16.1. The highest BCUT2D eigenvalue weighted by molar-refractivity contribution is 6.01. The molecule has 1 saturated carbocycles. The number of pyridine rings is 1. The van der Waals surface area contributed by atoms with Crippen LogP contribution in [-0.4, -0.2) is 22.7 Å². The Labute approximate surface area is 175 Å². The summed E-state index contributed by atoms with van der Waals surface area (Å²) < 4.78 is 10.9. The monoisotopic (exact) mass is 401 g/mol. The Morgan fingerprint density at radius 2 is 1.93 bits per heavy atom. The van der Waals surface area contributed by atoms with E-state index < -0.39 is 5.41 Å². The Balaban J connectivity index is 0.00000122. The number of anilines is 1. The van der Waals surface area contributed by atoms with Crippen LogP contribution in [0.15, 0.2) is 66.9 Å². The molecule has 6 nitrogen and oxygen atoms in total. The summed E-state index contributed by atoms with van der Waals surface area (Å²) in [6.07, 6.45) is 3.54. The number of aromatic nitrogens is 2. The molecule has 0 unspecified atom stereocenters. The van der Waals surface area contributed by atoms with Crippen LogP contribution in [0.25, 0.3) is 22.2 Å². The molecule has 1 amide bonds. The van der Waals surface area contributed by atoms with E-state index in [1.165, 1.54) is 0 Å². The molecule has 2 aliphatic rings. The zero-order chi connectivity index (χ0) is 20.1. The maximum absolute atomic E-state index is 13.2. The topological polar surface area (TPSA) is 76.2 Å². The van der Waals surface area contributed by atoms with Gasteiger partial charge >= 0.3 is 0 Å². The number of fused-ring (bicyclic) bond motifs is 2. The lowest BCUT2D eigenvalue weighted by Crippen LogP contribution is -2.28. The molecule has 2 N–H and O–H groups in total. The van der Waals surface area contributed by atoms with Gasteiger partial charge in [-0.1, -0.05) is 18.2 Å². The smallest absolute Gasteiger partial charge is 0.236 e. The van der Waals surface area contributed by atoms with Crippen LogP contribution >= 0.6 is 0 Å². The summed E-state index contributed by atoms with van der Waals surface area (Å²) in [7, 11) is 0. The Morgan fingerprint density at radius 1 is 1.03 bits per heavy atom. The van der Waals surface area contributed by atoms with E-state index in [0.717, 1.165) is 46.3 Å². The second-order valence-corrected chi connectivity index (χ2v) is 7.79. The van der Waals surface area contributed by atoms with E-state index >= 15 is 0 Å². The molecule has 6 heteroatoms. The van der Waals surface area contributed by atoms with Gasteiger partial charge in [-0.2, -0.15) is 0 Å². The maximum Gasteiger partial charge on any atom is 0.236 e. The molecule has 0 spiro atoms. The van der Waals surface area contributed by atoms with Crippen LogP contribution in [0.1, 0.15) is 21.3 Å². The number of nitrogens with zero attached hydrogens (tertiary/aromatic N) is 1. The van der Waals surface area contributed by atoms with Crippen molar-refractivity contribution in [3.63, 3.8) is 0 Å². The van der Waals surface area contributed by atoms with E-state index in [2.05, 4.69) is 21.4 Å². The van der Waals surface area contributed by atoms with Gasteiger partial charge in [0.05, 0.1) is 11.1 Å². The van der Waals surface area contributed by atoms with Crippen LogP contribution in [-0.2, 0) is 10.2 Å². The summed E-state index contributed by atoms with van der Waals surface area (Å²) in [6.45, 7) is 0.225. The average molecular weight is 401 g/mol. The standard InChI is InChI=1S/C24H19N3O3.2H2/c28-23(24(9-10-24)17-5-7-20-21(13-17)30-14-29-20)27-22-3-1-2-19(26-22)15-4-6-18-16(12-15)8-11-25-18;;/h1-8,11-13,25H,9-10,14H2,(H,26,27,28);2*1H. The lowest BCUT2D eigenvalue weighted by molar-refractivity contribution is -0.118. The fourth-order valence-electron chi connectivity index (χ4n) is 4.08. The predicted octanol–water partition coefficient (Wildman–Crippen LogP) is 5.12. The molecule has 152 valence electrons. The fourth-order valence-corrected chi connectivity index (χ4v) is 4.08. The molecular weight excluding hydrogens is 378 g/mol. The van der Waals surface area contributed by atoms with Gasteiger partial charge in [0.1, 0.15) is 5.82 Å². The molecule has 2 aromatic heterocycles. The number of carbonyl (C=O) groups is 1. The first-order valence-corrected chi connectivity index (χ1v) is 9.97. The molecule has 1 aliphatic carbocycles. The largest absolute Gasteiger partial charge is 0.454 e. The van der Waals surface area contributed by atoms with Crippen LogP contribution < -0.4 is 14.8 Å². The second-order valence-electron chi connectivity index (χ2n) is 7.79. The summed E-state index contributed by atoms with van der Waals surface area (Å²) in [4.78, 5) is 21.0. The van der Waals surface area contributed by atoms with E-state index in [9.17, 15) is 4.79 Å². The van der Waals surface area contributed by atoms with E-state index in [0.29, 0.717) is 11.6 Å². The Morgan fingerprint density at radius 3 is 2.83 bits per heavy atom. The lowest BCUT2D eigenvalue weighted by Gasteiger charge is -2.16. The van der Waals surface area contributed by atoms with Crippen molar-refractivity contribution in [2.75, 3.05) is 12.1 Å². The fraction of sp³-hybridized carbons (Fsp3) is 0.167. The Kier molecular flexibility index (Phi) is 3.62. The summed E-state index contributed by atoms with van der Waals surface area (Å²) in [5, 5.41) is 4.15. The first-order chi connectivity index (χ1) is 14.7. The average Bonchev–Trinajstić information content (AvgIpc) is 3.23. The van der Waals surface area contributed by atoms with Crippen molar-refractivity contribution in [1.29, 1.82) is 0 Å². The molecule has 0 bridgehead atoms. The van der Waals surface area contributed by atoms with Crippen LogP contribution in [0.5, 0.6) is 11.5 Å². The van der Waals surface area contributed by atoms with Crippen molar-refractivity contribution in [3.05, 3.63) is 72.4 Å². The van der Waals surface area contributed by atoms with Gasteiger partial charge in [0, 0.05) is 25.5 Å². The molecule has 1 fully saturated rings. The van der Waals surface area contributed by atoms with Crippen molar-refractivity contribution in [1.82, 2.24) is 9.97 Å². The number of hydrogen-bond acceptors (Lipinski definition) is 4. The van der Waals surface area contributed by atoms with Crippen LogP contribution in [0.4, 0.5) is 5.82 Å². The Bertz CT molecular complexity index is 1300. The first kappa shape index (κ1) is 17.1. The van der Waals surface area contributed by atoms with Crippen molar-refractivity contribution >= 4 is 22.6 Å². The number of benzene rings is 2. The molecule has 2 aromatic carbocycles. The maximum atomic E-state index is 13.2. The number of hydrogen-bond donors (Lipinski definition) is 2. The van der Waals surface area contributed by atoms with Gasteiger partial charge in [-0.25, -0.2) is 4.98 Å². The van der Waals surface area contributed by atoms with Gasteiger partial charge in [-0.3, -0.25) is 4.79 Å². The van der Waals surface area contributed by atoms with E-state index in [1.54, 1.807) is 0 Å². The summed E-state index contributed by atoms with van der Waals surface area (Å²) in [5.41, 5.74) is 3.35. The minimum atomic E-state index is -0.525. The molecule has 3 heterocycles. The number of rotatable bonds is 4. The van der Waals surface area contributed by atoms with Gasteiger partial charge in [0.2, 0.25) is 12.7 Å². The highest BCUT2D eigenvalue weighted by Crippen LogP contribution is 2.51. The number of H-pyrrole nitrogens is 1. The van der Waals surface area contributed by atoms with Crippen LogP contribution in [0.3, 0.4) is 0 Å². The van der Waals surface area contributed by atoms with Crippen LogP contribution in [0.2, 0.25) is 0 Å². The number of aromatic amines is 1. The molecule has 30 heavy (non-hydrogen) atoms. The molecule has 0 radical (unpaired) electrons. The number of carbonyl (C=O) groups excluding carboxylic acids is 1. The molecule has 0 saturated heterocycles. The van der Waals surface area contributed by atoms with Gasteiger partial charge in [0.25, 0.3) is 0 Å². The number of ether oxygens (including phenoxy) is 2. The van der Waals surface area contributed by atoms with E-state index in [4.69, 9.17) is 9.47 Å². The minimum Gasteiger partial charge on any atom is -0.454 e. The minimum absolute atomic E-state index is 0. The van der Waals surface area contributed by atoms with Gasteiger partial charge in [-0.05, 0) is 60.9 Å². The second kappa shape index (κ2) is 6.35. The molecule has 6 rings (SSSR count). The molecule has 1 aliphatic heterocycles. The van der Waals surface area contributed by atoms with E-state index in [1.807, 2.05) is 60.8 Å². The summed E-state index contributed by atoms with van der Waals surface area (Å²) in [6, 6.07) is 19.6. The number of nitrogens with one attached hydrogen (secondary N) is 2. The number of amides is 1. The van der Waals surface area contributed by atoms with Gasteiger partial charge < -0.3 is 19.8 Å². The third-order valence-corrected chi connectivity index (χ3v) is 5.95. The Hall–Kier alpha value is -3.80. The summed E-state index contributed by atoms with van der Waals surface area (Å²) in [5.74, 6) is 1.95. The SMILES string of the molecule is O=C(Nc1cccc(-c2ccc3[nH]ccc3c2)n1)C1(c2ccc3c(c2)OCO3)CC1.[HH].[HH]. The third kappa shape index (κ3) is 2.72. The van der Waals surface area contributed by atoms with Gasteiger partial charge in [-0.15, -0.1) is 0 Å². The van der Waals surface area contributed by atoms with Crippen molar-refractivity contribution in [2.45, 2.75) is 18.3 Å². The molecular formula is C24H23N3O3. The van der Waals surface area contributed by atoms with Crippen molar-refractivity contribution in [2.24, 2.45) is 0 Å². The zero-order valence-electron chi connectivity index (χ0n) is 16.1. The molecule has 0 atom stereocenters. The quantitative estimate of drug-likeness (QED) is 0.498. The van der Waals surface area contributed by atoms with E-state index in [-0.39, 0.29) is 15.6 Å². The third-order valence-electron chi connectivity index (χ3n) is 5.95. The summed E-state index contributed by atoms with van der Waals surface area (Å²) >= 11 is 0. The van der Waals surface area contributed by atoms with Gasteiger partial charge in [0.15, 0.2) is 11.5 Å². The first-order valence-electron chi connectivity index (χ1n) is 9.97. The highest BCUT2D eigenvalue weighted by Gasteiger charge is 2.51. The van der Waals surface area contributed by atoms with Crippen molar-refractivity contribution in [3.8, 4) is 22.8 Å². The van der Waals surface area contributed by atoms with Crippen molar-refractivity contribution < 1.29 is 17.1 Å². The highest BCUT2D eigenvalue weighted by atomic mass is 16.7. The predicted molar refractivity (Wildman–Crippen MR) is 118 cm³/mol.